The Balaban J connectivity index is 2.11. The van der Waals surface area contributed by atoms with Gasteiger partial charge in [-0.25, -0.2) is 0 Å². The highest BCUT2D eigenvalue weighted by molar-refractivity contribution is 5.60. The molecule has 0 aliphatic carbocycles. The van der Waals surface area contributed by atoms with Crippen LogP contribution in [0.15, 0.2) is 36.7 Å². The SMILES string of the molecule is CCOc1ccc(OCC)c(NCc2ccn(C)c2)c1. The van der Waals surface area contributed by atoms with Crippen molar-refractivity contribution in [2.75, 3.05) is 18.5 Å². The number of aromatic nitrogens is 1. The van der Waals surface area contributed by atoms with Crippen molar-refractivity contribution in [1.29, 1.82) is 0 Å². The van der Waals surface area contributed by atoms with Gasteiger partial charge in [-0.15, -0.1) is 0 Å². The van der Waals surface area contributed by atoms with E-state index in [1.54, 1.807) is 0 Å². The summed E-state index contributed by atoms with van der Waals surface area (Å²) in [6.07, 6.45) is 4.14. The molecule has 0 fully saturated rings. The first-order valence-electron chi connectivity index (χ1n) is 6.97. The van der Waals surface area contributed by atoms with E-state index in [1.807, 2.05) is 49.9 Å². The van der Waals surface area contributed by atoms with Gasteiger partial charge in [-0.2, -0.15) is 0 Å². The van der Waals surface area contributed by atoms with Crippen LogP contribution >= 0.6 is 0 Å². The lowest BCUT2D eigenvalue weighted by Gasteiger charge is -2.14. The summed E-state index contributed by atoms with van der Waals surface area (Å²) in [5.74, 6) is 1.71. The van der Waals surface area contributed by atoms with Crippen LogP contribution in [0, 0.1) is 0 Å². The third-order valence-corrected chi connectivity index (χ3v) is 2.94. The number of aryl methyl sites for hydroxylation is 1. The van der Waals surface area contributed by atoms with Gasteiger partial charge < -0.3 is 19.4 Å². The van der Waals surface area contributed by atoms with Gasteiger partial charge in [-0.1, -0.05) is 0 Å². The first kappa shape index (κ1) is 14.3. The van der Waals surface area contributed by atoms with Crippen LogP contribution in [0.5, 0.6) is 11.5 Å². The summed E-state index contributed by atoms with van der Waals surface area (Å²) in [6.45, 7) is 6.03. The summed E-state index contributed by atoms with van der Waals surface area (Å²) in [5.41, 5.74) is 2.19. The Bertz CT molecular complexity index is 549. The minimum atomic E-state index is 0.647. The summed E-state index contributed by atoms with van der Waals surface area (Å²) in [6, 6.07) is 7.96. The van der Waals surface area contributed by atoms with E-state index in [1.165, 1.54) is 5.56 Å². The molecule has 0 amide bonds. The van der Waals surface area contributed by atoms with Gasteiger partial charge in [0, 0.05) is 32.1 Å². The zero-order valence-electron chi connectivity index (χ0n) is 12.3. The van der Waals surface area contributed by atoms with E-state index in [0.29, 0.717) is 13.2 Å². The Morgan fingerprint density at radius 1 is 1.10 bits per heavy atom. The molecule has 0 spiro atoms. The van der Waals surface area contributed by atoms with Crippen LogP contribution in [0.3, 0.4) is 0 Å². The molecule has 0 aliphatic heterocycles. The quantitative estimate of drug-likeness (QED) is 0.840. The van der Waals surface area contributed by atoms with Crippen LogP contribution < -0.4 is 14.8 Å². The van der Waals surface area contributed by atoms with E-state index in [4.69, 9.17) is 9.47 Å². The molecule has 1 aromatic heterocycles. The van der Waals surface area contributed by atoms with Gasteiger partial charge in [0.05, 0.1) is 18.9 Å². The maximum atomic E-state index is 5.64. The Kier molecular flexibility index (Phi) is 4.93. The molecule has 20 heavy (non-hydrogen) atoms. The van der Waals surface area contributed by atoms with Crippen LogP contribution in [0.2, 0.25) is 0 Å². The largest absolute Gasteiger partial charge is 0.494 e. The van der Waals surface area contributed by atoms with Crippen LogP contribution in [0.4, 0.5) is 5.69 Å². The average Bonchev–Trinajstić information content (AvgIpc) is 2.85. The third-order valence-electron chi connectivity index (χ3n) is 2.94. The Morgan fingerprint density at radius 3 is 2.55 bits per heavy atom. The maximum Gasteiger partial charge on any atom is 0.142 e. The first-order chi connectivity index (χ1) is 9.72. The highest BCUT2D eigenvalue weighted by Crippen LogP contribution is 2.29. The summed E-state index contributed by atoms with van der Waals surface area (Å²) >= 11 is 0. The van der Waals surface area contributed by atoms with Gasteiger partial charge in [0.25, 0.3) is 0 Å². The Morgan fingerprint density at radius 2 is 1.90 bits per heavy atom. The smallest absolute Gasteiger partial charge is 0.142 e. The number of benzene rings is 1. The van der Waals surface area contributed by atoms with Crippen LogP contribution in [0.1, 0.15) is 19.4 Å². The number of ether oxygens (including phenoxy) is 2. The van der Waals surface area contributed by atoms with E-state index in [-0.39, 0.29) is 0 Å². The second kappa shape index (κ2) is 6.89. The maximum absolute atomic E-state index is 5.64. The average molecular weight is 274 g/mol. The molecule has 0 radical (unpaired) electrons. The van der Waals surface area contributed by atoms with Crippen molar-refractivity contribution >= 4 is 5.69 Å². The number of rotatable bonds is 7. The van der Waals surface area contributed by atoms with Crippen molar-refractivity contribution in [2.24, 2.45) is 7.05 Å². The molecule has 0 atom stereocenters. The predicted molar refractivity (Wildman–Crippen MR) is 81.5 cm³/mol. The lowest BCUT2D eigenvalue weighted by atomic mass is 10.2. The van der Waals surface area contributed by atoms with E-state index in [9.17, 15) is 0 Å². The monoisotopic (exact) mass is 274 g/mol. The molecule has 4 nitrogen and oxygen atoms in total. The van der Waals surface area contributed by atoms with Crippen molar-refractivity contribution in [1.82, 2.24) is 4.57 Å². The van der Waals surface area contributed by atoms with Crippen molar-refractivity contribution in [3.63, 3.8) is 0 Å². The third kappa shape index (κ3) is 3.70. The van der Waals surface area contributed by atoms with E-state index in [0.717, 1.165) is 23.7 Å². The fraction of sp³-hybridized carbons (Fsp3) is 0.375. The minimum Gasteiger partial charge on any atom is -0.494 e. The highest BCUT2D eigenvalue weighted by Gasteiger charge is 2.06. The Labute approximate surface area is 120 Å². The molecule has 1 aromatic carbocycles. The number of nitrogens with one attached hydrogen (secondary N) is 1. The van der Waals surface area contributed by atoms with Crippen molar-refractivity contribution in [2.45, 2.75) is 20.4 Å². The predicted octanol–water partition coefficient (Wildman–Crippen LogP) is 3.43. The highest BCUT2D eigenvalue weighted by atomic mass is 16.5. The summed E-state index contributed by atoms with van der Waals surface area (Å²) in [4.78, 5) is 0. The van der Waals surface area contributed by atoms with Gasteiger partial charge in [0.1, 0.15) is 11.5 Å². The molecular weight excluding hydrogens is 252 g/mol. The van der Waals surface area contributed by atoms with Crippen molar-refractivity contribution < 1.29 is 9.47 Å². The van der Waals surface area contributed by atoms with Crippen LogP contribution in [0.25, 0.3) is 0 Å². The molecule has 1 heterocycles. The van der Waals surface area contributed by atoms with Gasteiger partial charge >= 0.3 is 0 Å². The van der Waals surface area contributed by atoms with Crippen molar-refractivity contribution in [3.05, 3.63) is 42.2 Å². The summed E-state index contributed by atoms with van der Waals surface area (Å²) in [7, 11) is 2.02. The lowest BCUT2D eigenvalue weighted by Crippen LogP contribution is -2.03. The molecular formula is C16H22N2O2. The molecule has 0 aliphatic rings. The van der Waals surface area contributed by atoms with E-state index >= 15 is 0 Å². The van der Waals surface area contributed by atoms with Gasteiger partial charge in [-0.05, 0) is 37.6 Å². The normalized spacial score (nSPS) is 10.3. The number of hydrogen-bond donors (Lipinski definition) is 1. The number of anilines is 1. The first-order valence-corrected chi connectivity index (χ1v) is 6.97. The fourth-order valence-electron chi connectivity index (χ4n) is 2.05. The molecule has 0 saturated carbocycles. The molecule has 2 aromatic rings. The standard InChI is InChI=1S/C16H22N2O2/c1-4-19-14-6-7-16(20-5-2)15(10-14)17-11-13-8-9-18(3)12-13/h6-10,12,17H,4-5,11H2,1-3H3. The second-order valence-corrected chi connectivity index (χ2v) is 4.56. The number of nitrogens with zero attached hydrogens (tertiary/aromatic N) is 1. The summed E-state index contributed by atoms with van der Waals surface area (Å²) in [5, 5.41) is 3.41. The number of hydrogen-bond acceptors (Lipinski definition) is 3. The zero-order chi connectivity index (χ0) is 14.4. The lowest BCUT2D eigenvalue weighted by molar-refractivity contribution is 0.332. The van der Waals surface area contributed by atoms with Gasteiger partial charge in [0.15, 0.2) is 0 Å². The molecule has 0 unspecified atom stereocenters. The van der Waals surface area contributed by atoms with E-state index in [2.05, 4.69) is 17.6 Å². The van der Waals surface area contributed by atoms with E-state index < -0.39 is 0 Å². The summed E-state index contributed by atoms with van der Waals surface area (Å²) < 4.78 is 13.2. The molecule has 2 rings (SSSR count). The molecule has 108 valence electrons. The van der Waals surface area contributed by atoms with Crippen LogP contribution in [-0.4, -0.2) is 17.8 Å². The van der Waals surface area contributed by atoms with Crippen molar-refractivity contribution in [3.8, 4) is 11.5 Å². The zero-order valence-corrected chi connectivity index (χ0v) is 12.3. The van der Waals surface area contributed by atoms with Gasteiger partial charge in [0.2, 0.25) is 0 Å². The van der Waals surface area contributed by atoms with Gasteiger partial charge in [-0.3, -0.25) is 0 Å². The minimum absolute atomic E-state index is 0.647. The molecule has 0 saturated heterocycles. The molecule has 0 bridgehead atoms. The Hall–Kier alpha value is -2.10. The molecule has 4 heteroatoms. The molecule has 1 N–H and O–H groups in total. The van der Waals surface area contributed by atoms with Crippen LogP contribution in [-0.2, 0) is 13.6 Å². The second-order valence-electron chi connectivity index (χ2n) is 4.56. The topological polar surface area (TPSA) is 35.4 Å². The fourth-order valence-corrected chi connectivity index (χ4v) is 2.05.